The van der Waals surface area contributed by atoms with E-state index in [2.05, 4.69) is 12.2 Å². The van der Waals surface area contributed by atoms with Crippen molar-refractivity contribution in [3.05, 3.63) is 59.4 Å². The number of aryl methyl sites for hydroxylation is 3. The third-order valence-electron chi connectivity index (χ3n) is 4.86. The van der Waals surface area contributed by atoms with Crippen molar-refractivity contribution in [1.82, 2.24) is 19.6 Å². The monoisotopic (exact) mass is 405 g/mol. The summed E-state index contributed by atoms with van der Waals surface area (Å²) in [7, 11) is 0. The van der Waals surface area contributed by atoms with Gasteiger partial charge in [0.2, 0.25) is 0 Å². The molecule has 30 heavy (non-hydrogen) atoms. The molecular formula is C23H27N5O2. The third kappa shape index (κ3) is 3.87. The number of imidazole rings is 1. The topological polar surface area (TPSA) is 77.5 Å². The summed E-state index contributed by atoms with van der Waals surface area (Å²) in [5.41, 5.74) is 2.65. The molecule has 0 amide bonds. The molecule has 7 nitrogen and oxygen atoms in total. The van der Waals surface area contributed by atoms with Gasteiger partial charge in [-0.05, 0) is 51.5 Å². The molecule has 0 atom stereocenters. The summed E-state index contributed by atoms with van der Waals surface area (Å²) in [5.74, 6) is 4.76. The Labute approximate surface area is 176 Å². The van der Waals surface area contributed by atoms with E-state index >= 15 is 0 Å². The predicted molar refractivity (Wildman–Crippen MR) is 117 cm³/mol. The number of furan rings is 1. The number of fused-ring (bicyclic) bond motifs is 1. The van der Waals surface area contributed by atoms with Crippen LogP contribution >= 0.6 is 0 Å². The second-order valence-corrected chi connectivity index (χ2v) is 7.20. The van der Waals surface area contributed by atoms with Crippen LogP contribution in [0, 0.1) is 13.8 Å². The Morgan fingerprint density at radius 1 is 1.07 bits per heavy atom. The van der Waals surface area contributed by atoms with E-state index in [0.29, 0.717) is 19.0 Å². The van der Waals surface area contributed by atoms with Crippen molar-refractivity contribution >= 4 is 11.3 Å². The normalized spacial score (nSPS) is 11.2. The molecule has 3 aromatic heterocycles. The first kappa shape index (κ1) is 19.9. The number of nitrogens with one attached hydrogen (secondary N) is 1. The van der Waals surface area contributed by atoms with E-state index in [9.17, 15) is 0 Å². The minimum atomic E-state index is 0.529. The van der Waals surface area contributed by atoms with Gasteiger partial charge in [-0.3, -0.25) is 0 Å². The Morgan fingerprint density at radius 3 is 2.63 bits per heavy atom. The number of hydrogen-bond donors (Lipinski definition) is 1. The molecule has 0 unspecified atom stereocenters. The number of benzene rings is 1. The zero-order chi connectivity index (χ0) is 21.1. The van der Waals surface area contributed by atoms with Crippen LogP contribution in [0.3, 0.4) is 0 Å². The van der Waals surface area contributed by atoms with Gasteiger partial charge in [-0.1, -0.05) is 19.1 Å². The first-order valence-electron chi connectivity index (χ1n) is 10.4. The van der Waals surface area contributed by atoms with Gasteiger partial charge in [-0.15, -0.1) is 5.10 Å². The van der Waals surface area contributed by atoms with Gasteiger partial charge in [0.15, 0.2) is 11.6 Å². The fraction of sp³-hybridized carbons (Fsp3) is 0.348. The van der Waals surface area contributed by atoms with Crippen LogP contribution < -0.4 is 10.1 Å². The quantitative estimate of drug-likeness (QED) is 0.446. The summed E-state index contributed by atoms with van der Waals surface area (Å²) in [6.45, 7) is 9.15. The maximum atomic E-state index is 5.82. The number of rotatable bonds is 8. The van der Waals surface area contributed by atoms with E-state index in [4.69, 9.17) is 24.2 Å². The molecule has 0 aliphatic heterocycles. The molecule has 4 rings (SSSR count). The smallest absolute Gasteiger partial charge is 0.185 e. The largest absolute Gasteiger partial charge is 0.493 e. The lowest BCUT2D eigenvalue weighted by Gasteiger charge is -2.12. The minimum absolute atomic E-state index is 0.529. The fourth-order valence-electron chi connectivity index (χ4n) is 3.54. The third-order valence-corrected chi connectivity index (χ3v) is 4.86. The van der Waals surface area contributed by atoms with Crippen molar-refractivity contribution in [2.24, 2.45) is 0 Å². The zero-order valence-electron chi connectivity index (χ0n) is 17.9. The lowest BCUT2D eigenvalue weighted by Crippen LogP contribution is -2.09. The summed E-state index contributed by atoms with van der Waals surface area (Å²) in [6.07, 6.45) is 1.83. The van der Waals surface area contributed by atoms with Crippen molar-refractivity contribution in [3.63, 3.8) is 0 Å². The van der Waals surface area contributed by atoms with Crippen LogP contribution in [0.5, 0.6) is 5.75 Å². The van der Waals surface area contributed by atoms with Crippen LogP contribution in [0.2, 0.25) is 0 Å². The van der Waals surface area contributed by atoms with E-state index in [0.717, 1.165) is 58.5 Å². The number of anilines is 1. The molecular weight excluding hydrogens is 378 g/mol. The highest BCUT2D eigenvalue weighted by atomic mass is 16.5. The Morgan fingerprint density at radius 2 is 1.90 bits per heavy atom. The molecule has 1 aromatic carbocycles. The first-order valence-corrected chi connectivity index (χ1v) is 10.4. The fourth-order valence-corrected chi connectivity index (χ4v) is 3.54. The number of ether oxygens (including phenoxy) is 1. The maximum Gasteiger partial charge on any atom is 0.185 e. The molecule has 0 spiro atoms. The summed E-state index contributed by atoms with van der Waals surface area (Å²) >= 11 is 0. The summed E-state index contributed by atoms with van der Waals surface area (Å²) < 4.78 is 13.4. The molecule has 0 fully saturated rings. The predicted octanol–water partition coefficient (Wildman–Crippen LogP) is 4.96. The van der Waals surface area contributed by atoms with Crippen molar-refractivity contribution in [1.29, 1.82) is 0 Å². The Bertz CT molecular complexity index is 1160. The molecule has 0 aliphatic rings. The van der Waals surface area contributed by atoms with Gasteiger partial charge in [0, 0.05) is 6.42 Å². The van der Waals surface area contributed by atoms with Gasteiger partial charge >= 0.3 is 0 Å². The molecule has 0 bridgehead atoms. The summed E-state index contributed by atoms with van der Waals surface area (Å²) in [5, 5.41) is 8.28. The van der Waals surface area contributed by atoms with Crippen LogP contribution in [-0.2, 0) is 13.0 Å². The van der Waals surface area contributed by atoms with Crippen LogP contribution in [0.4, 0.5) is 5.82 Å². The number of para-hydroxylation sites is 1. The Kier molecular flexibility index (Phi) is 5.70. The van der Waals surface area contributed by atoms with E-state index in [1.54, 1.807) is 0 Å². The van der Waals surface area contributed by atoms with Gasteiger partial charge in [-0.2, -0.15) is 0 Å². The molecule has 156 valence electrons. The molecule has 7 heteroatoms. The SMILES string of the molecule is CCCc1nc(C)c2c(NCc3ccc(C)o3)nc(-c3ccccc3OCC)nn12. The molecule has 3 heterocycles. The number of nitrogens with zero attached hydrogens (tertiary/aromatic N) is 4. The van der Waals surface area contributed by atoms with Gasteiger partial charge in [0.05, 0.1) is 24.4 Å². The van der Waals surface area contributed by atoms with Gasteiger partial charge in [0.25, 0.3) is 0 Å². The average molecular weight is 406 g/mol. The molecule has 0 radical (unpaired) electrons. The van der Waals surface area contributed by atoms with E-state index in [-0.39, 0.29) is 0 Å². The van der Waals surface area contributed by atoms with Crippen molar-refractivity contribution in [2.45, 2.75) is 47.1 Å². The summed E-state index contributed by atoms with van der Waals surface area (Å²) in [4.78, 5) is 9.62. The second kappa shape index (κ2) is 8.57. The number of aromatic nitrogens is 4. The Hall–Kier alpha value is -3.35. The van der Waals surface area contributed by atoms with Crippen molar-refractivity contribution < 1.29 is 9.15 Å². The highest BCUT2D eigenvalue weighted by molar-refractivity contribution is 5.74. The van der Waals surface area contributed by atoms with Crippen LogP contribution in [-0.4, -0.2) is 26.2 Å². The van der Waals surface area contributed by atoms with E-state index in [1.165, 1.54) is 0 Å². The highest BCUT2D eigenvalue weighted by Gasteiger charge is 2.19. The van der Waals surface area contributed by atoms with Crippen LogP contribution in [0.15, 0.2) is 40.8 Å². The molecule has 4 aromatic rings. The molecule has 1 N–H and O–H groups in total. The molecule has 0 saturated carbocycles. The first-order chi connectivity index (χ1) is 14.6. The van der Waals surface area contributed by atoms with Crippen molar-refractivity contribution in [3.8, 4) is 17.1 Å². The standard InChI is InChI=1S/C23H27N5O2/c1-5-9-20-25-16(4)21-23(24-14-17-13-12-15(3)30-17)26-22(27-28(20)21)18-10-7-8-11-19(18)29-6-2/h7-8,10-13H,5-6,9,14H2,1-4H3,(H,24,26,27). The number of hydrogen-bond acceptors (Lipinski definition) is 6. The van der Waals surface area contributed by atoms with E-state index in [1.807, 2.05) is 61.7 Å². The summed E-state index contributed by atoms with van der Waals surface area (Å²) in [6, 6.07) is 11.8. The highest BCUT2D eigenvalue weighted by Crippen LogP contribution is 2.30. The second-order valence-electron chi connectivity index (χ2n) is 7.20. The van der Waals surface area contributed by atoms with E-state index < -0.39 is 0 Å². The molecule has 0 saturated heterocycles. The maximum absolute atomic E-state index is 5.82. The lowest BCUT2D eigenvalue weighted by atomic mass is 10.2. The minimum Gasteiger partial charge on any atom is -0.493 e. The average Bonchev–Trinajstić information content (AvgIpc) is 3.30. The van der Waals surface area contributed by atoms with Crippen LogP contribution in [0.1, 0.15) is 43.3 Å². The zero-order valence-corrected chi connectivity index (χ0v) is 17.9. The van der Waals surface area contributed by atoms with Gasteiger partial charge in [-0.25, -0.2) is 14.5 Å². The van der Waals surface area contributed by atoms with Gasteiger partial charge < -0.3 is 14.5 Å². The van der Waals surface area contributed by atoms with Crippen molar-refractivity contribution in [2.75, 3.05) is 11.9 Å². The van der Waals surface area contributed by atoms with Crippen LogP contribution in [0.25, 0.3) is 16.9 Å². The lowest BCUT2D eigenvalue weighted by molar-refractivity contribution is 0.341. The Balaban J connectivity index is 1.84. The molecule has 0 aliphatic carbocycles. The van der Waals surface area contributed by atoms with Gasteiger partial charge in [0.1, 0.15) is 28.6 Å².